The molecule has 0 aromatic carbocycles. The smallest absolute Gasteiger partial charge is 0.306 e. The van der Waals surface area contributed by atoms with Crippen LogP contribution in [0.2, 0.25) is 0 Å². The number of hydrogen-bond acceptors (Lipinski definition) is 5. The minimum atomic E-state index is -0.796. The highest BCUT2D eigenvalue weighted by Crippen LogP contribution is 2.18. The van der Waals surface area contributed by atoms with Crippen molar-refractivity contribution in [2.45, 2.75) is 322 Å². The topological polar surface area (TPSA) is 95.9 Å². The molecule has 0 aromatic rings. The Bertz CT molecular complexity index is 1070. The molecule has 0 heterocycles. The first kappa shape index (κ1) is 63.1. The molecule has 3 unspecified atom stereocenters. The van der Waals surface area contributed by atoms with Crippen LogP contribution in [0.1, 0.15) is 303 Å². The minimum absolute atomic E-state index is 0.0530. The number of hydrogen-bond donors (Lipinski definition) is 3. The first-order chi connectivity index (χ1) is 32.0. The molecule has 0 radical (unpaired) electrons. The first-order valence-corrected chi connectivity index (χ1v) is 28.7. The molecule has 3 atom stereocenters. The second kappa shape index (κ2) is 53.0. The molecular formula is C59H111NO5. The van der Waals surface area contributed by atoms with Crippen molar-refractivity contribution in [3.8, 4) is 0 Å². The predicted octanol–water partition coefficient (Wildman–Crippen LogP) is 17.6. The number of aliphatic hydroxyl groups is 2. The summed E-state index contributed by atoms with van der Waals surface area (Å²) in [7, 11) is 0. The van der Waals surface area contributed by atoms with Crippen LogP contribution in [0.4, 0.5) is 0 Å². The summed E-state index contributed by atoms with van der Waals surface area (Å²) in [6.45, 7) is 6.49. The van der Waals surface area contributed by atoms with Gasteiger partial charge in [-0.1, -0.05) is 256 Å². The van der Waals surface area contributed by atoms with Crippen molar-refractivity contribution in [1.29, 1.82) is 0 Å². The normalized spacial score (nSPS) is 13.4. The van der Waals surface area contributed by atoms with Gasteiger partial charge in [0.05, 0.1) is 25.2 Å². The zero-order valence-electron chi connectivity index (χ0n) is 43.6. The summed E-state index contributed by atoms with van der Waals surface area (Å²) < 4.78 is 5.92. The van der Waals surface area contributed by atoms with Crippen molar-refractivity contribution in [2.24, 2.45) is 0 Å². The Hall–Kier alpha value is -1.92. The molecule has 0 saturated heterocycles. The van der Waals surface area contributed by atoms with Gasteiger partial charge in [0.1, 0.15) is 6.10 Å². The van der Waals surface area contributed by atoms with E-state index in [4.69, 9.17) is 4.74 Å². The standard InChI is InChI=1S/C59H111NO5/c1-4-7-10-13-16-19-22-24-26-28-30-32-34-37-40-43-46-49-52-59(64)65-55(50-47-44-41-38-35-21-18-15-12-9-6-3)53-58(63)60-56(54-61)57(62)51-48-45-42-39-36-33-31-29-27-25-23-20-17-14-11-8-5-2/h26,28,30,32,38,41,55-57,61-62H,4-25,27,29,31,33-37,39-40,42-54H2,1-3H3,(H,60,63)/b28-26+,32-30+,41-38-. The Balaban J connectivity index is 4.48. The molecule has 6 heteroatoms. The average molecular weight is 915 g/mol. The van der Waals surface area contributed by atoms with Crippen LogP contribution in [0.25, 0.3) is 0 Å². The van der Waals surface area contributed by atoms with Crippen molar-refractivity contribution in [2.75, 3.05) is 6.61 Å². The van der Waals surface area contributed by atoms with Gasteiger partial charge in [-0.3, -0.25) is 9.59 Å². The third-order valence-corrected chi connectivity index (χ3v) is 13.2. The summed E-state index contributed by atoms with van der Waals surface area (Å²) >= 11 is 0. The van der Waals surface area contributed by atoms with Crippen LogP contribution < -0.4 is 5.32 Å². The van der Waals surface area contributed by atoms with Gasteiger partial charge >= 0.3 is 5.97 Å². The molecule has 65 heavy (non-hydrogen) atoms. The lowest BCUT2D eigenvalue weighted by molar-refractivity contribution is -0.151. The number of allylic oxidation sites excluding steroid dienone is 6. The van der Waals surface area contributed by atoms with Crippen LogP contribution >= 0.6 is 0 Å². The van der Waals surface area contributed by atoms with Gasteiger partial charge in [0.25, 0.3) is 0 Å². The fourth-order valence-corrected chi connectivity index (χ4v) is 8.84. The van der Waals surface area contributed by atoms with Gasteiger partial charge < -0.3 is 20.3 Å². The average Bonchev–Trinajstić information content (AvgIpc) is 3.30. The number of nitrogens with one attached hydrogen (secondary N) is 1. The van der Waals surface area contributed by atoms with Crippen molar-refractivity contribution >= 4 is 11.9 Å². The van der Waals surface area contributed by atoms with E-state index in [2.05, 4.69) is 62.5 Å². The van der Waals surface area contributed by atoms with E-state index in [1.165, 1.54) is 186 Å². The molecule has 6 nitrogen and oxygen atoms in total. The lowest BCUT2D eigenvalue weighted by Crippen LogP contribution is -2.46. The number of rotatable bonds is 52. The maximum Gasteiger partial charge on any atom is 0.306 e. The van der Waals surface area contributed by atoms with Gasteiger partial charge in [-0.15, -0.1) is 0 Å². The van der Waals surface area contributed by atoms with Crippen LogP contribution in [-0.4, -0.2) is 46.9 Å². The van der Waals surface area contributed by atoms with Crippen LogP contribution in [0.3, 0.4) is 0 Å². The Kier molecular flexibility index (Phi) is 51.5. The van der Waals surface area contributed by atoms with E-state index in [-0.39, 0.29) is 24.9 Å². The molecule has 0 fully saturated rings. The molecule has 0 aliphatic carbocycles. The summed E-state index contributed by atoms with van der Waals surface area (Å²) in [6.07, 6.45) is 63.6. The maximum atomic E-state index is 13.2. The van der Waals surface area contributed by atoms with Gasteiger partial charge in [-0.2, -0.15) is 0 Å². The van der Waals surface area contributed by atoms with Crippen molar-refractivity contribution in [3.05, 3.63) is 36.5 Å². The first-order valence-electron chi connectivity index (χ1n) is 28.7. The van der Waals surface area contributed by atoms with Crippen LogP contribution in [-0.2, 0) is 14.3 Å². The van der Waals surface area contributed by atoms with Crippen molar-refractivity contribution in [1.82, 2.24) is 5.32 Å². The summed E-state index contributed by atoms with van der Waals surface area (Å²) in [5, 5.41) is 23.8. The highest BCUT2D eigenvalue weighted by atomic mass is 16.5. The highest BCUT2D eigenvalue weighted by molar-refractivity contribution is 5.77. The molecule has 0 spiro atoms. The van der Waals surface area contributed by atoms with Gasteiger partial charge in [-0.25, -0.2) is 0 Å². The summed E-state index contributed by atoms with van der Waals surface area (Å²) in [6, 6.07) is -0.712. The fourth-order valence-electron chi connectivity index (χ4n) is 8.84. The van der Waals surface area contributed by atoms with Gasteiger partial charge in [0, 0.05) is 6.42 Å². The molecule has 0 saturated carbocycles. The molecule has 3 N–H and O–H groups in total. The molecule has 0 aromatic heterocycles. The number of ether oxygens (including phenoxy) is 1. The Morgan fingerprint density at radius 2 is 0.800 bits per heavy atom. The van der Waals surface area contributed by atoms with Gasteiger partial charge in [-0.05, 0) is 70.6 Å². The number of esters is 1. The third-order valence-electron chi connectivity index (χ3n) is 13.2. The second-order valence-electron chi connectivity index (χ2n) is 19.7. The highest BCUT2D eigenvalue weighted by Gasteiger charge is 2.24. The molecule has 0 bridgehead atoms. The maximum absolute atomic E-state index is 13.2. The van der Waals surface area contributed by atoms with Crippen LogP contribution in [0.5, 0.6) is 0 Å². The van der Waals surface area contributed by atoms with Crippen LogP contribution in [0, 0.1) is 0 Å². The summed E-state index contributed by atoms with van der Waals surface area (Å²) in [5.41, 5.74) is 0. The largest absolute Gasteiger partial charge is 0.462 e. The third kappa shape index (κ3) is 48.3. The summed E-state index contributed by atoms with van der Waals surface area (Å²) in [4.78, 5) is 26.2. The number of carbonyl (C=O) groups excluding carboxylic acids is 2. The predicted molar refractivity (Wildman–Crippen MR) is 282 cm³/mol. The lowest BCUT2D eigenvalue weighted by atomic mass is 10.0. The number of amides is 1. The molecule has 382 valence electrons. The number of unbranched alkanes of at least 4 members (excludes halogenated alkanes) is 35. The zero-order valence-corrected chi connectivity index (χ0v) is 43.6. The summed E-state index contributed by atoms with van der Waals surface area (Å²) in [5.74, 6) is -0.509. The Morgan fingerprint density at radius 1 is 0.446 bits per heavy atom. The van der Waals surface area contributed by atoms with E-state index in [1.54, 1.807) is 0 Å². The molecule has 1 amide bonds. The van der Waals surface area contributed by atoms with Crippen molar-refractivity contribution < 1.29 is 24.5 Å². The molecule has 0 aliphatic heterocycles. The fraction of sp³-hybridized carbons (Fsp3) is 0.864. The molecule has 0 aliphatic rings. The van der Waals surface area contributed by atoms with E-state index >= 15 is 0 Å². The monoisotopic (exact) mass is 914 g/mol. The van der Waals surface area contributed by atoms with E-state index in [1.807, 2.05) is 0 Å². The van der Waals surface area contributed by atoms with Crippen LogP contribution in [0.15, 0.2) is 36.5 Å². The number of aliphatic hydroxyl groups excluding tert-OH is 2. The van der Waals surface area contributed by atoms with E-state index < -0.39 is 18.2 Å². The minimum Gasteiger partial charge on any atom is -0.462 e. The van der Waals surface area contributed by atoms with E-state index in [0.29, 0.717) is 19.3 Å². The molecular weight excluding hydrogens is 803 g/mol. The SMILES string of the molecule is CCCCCCCC/C=C\CCCC(CC(=O)NC(CO)C(O)CCCCCCCCCCCCCCCCCCC)OC(=O)CCCCCCC/C=C/C=C/CCCCCCCCC. The van der Waals surface area contributed by atoms with E-state index in [0.717, 1.165) is 70.6 Å². The van der Waals surface area contributed by atoms with E-state index in [9.17, 15) is 19.8 Å². The zero-order chi connectivity index (χ0) is 47.4. The van der Waals surface area contributed by atoms with Gasteiger partial charge in [0.2, 0.25) is 5.91 Å². The quantitative estimate of drug-likeness (QED) is 0.0244. The Morgan fingerprint density at radius 3 is 1.22 bits per heavy atom. The van der Waals surface area contributed by atoms with Crippen molar-refractivity contribution in [3.63, 3.8) is 0 Å². The Labute approximate surface area is 404 Å². The lowest BCUT2D eigenvalue weighted by Gasteiger charge is -2.24. The molecule has 0 rings (SSSR count). The number of carbonyl (C=O) groups is 2. The van der Waals surface area contributed by atoms with Gasteiger partial charge in [0.15, 0.2) is 0 Å². The second-order valence-corrected chi connectivity index (χ2v) is 19.7.